The Hall–Kier alpha value is -2.60. The molecule has 0 radical (unpaired) electrons. The summed E-state index contributed by atoms with van der Waals surface area (Å²) >= 11 is 5.20. The minimum atomic E-state index is -0.506. The van der Waals surface area contributed by atoms with Crippen molar-refractivity contribution in [2.75, 3.05) is 23.9 Å². The Balaban J connectivity index is 1.62. The van der Waals surface area contributed by atoms with Crippen LogP contribution in [0, 0.1) is 0 Å². The van der Waals surface area contributed by atoms with Crippen molar-refractivity contribution in [2.45, 2.75) is 6.61 Å². The fraction of sp³-hybridized carbons (Fsp3) is 0.176. The molecule has 0 unspecified atom stereocenters. The normalized spacial score (nSPS) is 13.1. The molecule has 1 amide bonds. The highest BCUT2D eigenvalue weighted by Gasteiger charge is 2.19. The summed E-state index contributed by atoms with van der Waals surface area (Å²) in [5.41, 5.74) is 2.43. The van der Waals surface area contributed by atoms with Gasteiger partial charge in [-0.05, 0) is 17.7 Å². The van der Waals surface area contributed by atoms with E-state index in [1.165, 1.54) is 0 Å². The number of carbonyl (C=O) groups excluding carboxylic acids is 1. The van der Waals surface area contributed by atoms with Gasteiger partial charge in [0.15, 0.2) is 0 Å². The largest absolute Gasteiger partial charge is 0.484 e. The first-order chi connectivity index (χ1) is 11.1. The van der Waals surface area contributed by atoms with Crippen LogP contribution in [0.2, 0.25) is 0 Å². The number of nitrogens with one attached hydrogen (secondary N) is 1. The Kier molecular flexibility index (Phi) is 4.43. The van der Waals surface area contributed by atoms with Crippen molar-refractivity contribution in [3.8, 4) is 5.75 Å². The lowest BCUT2D eigenvalue weighted by Gasteiger charge is -2.28. The zero-order chi connectivity index (χ0) is 16.2. The quantitative estimate of drug-likeness (QED) is 0.873. The molecule has 2 aromatic carbocycles. The van der Waals surface area contributed by atoms with E-state index in [4.69, 9.17) is 21.7 Å². The number of hydrogen-bond donors (Lipinski definition) is 1. The van der Waals surface area contributed by atoms with Gasteiger partial charge in [-0.3, -0.25) is 5.32 Å². The predicted molar refractivity (Wildman–Crippen MR) is 93.2 cm³/mol. The van der Waals surface area contributed by atoms with Gasteiger partial charge >= 0.3 is 6.09 Å². The number of amides is 1. The summed E-state index contributed by atoms with van der Waals surface area (Å²) in [5, 5.41) is 2.70. The van der Waals surface area contributed by atoms with Crippen LogP contribution in [-0.2, 0) is 11.3 Å². The zero-order valence-electron chi connectivity index (χ0n) is 12.6. The van der Waals surface area contributed by atoms with Crippen LogP contribution >= 0.6 is 12.2 Å². The molecule has 6 heteroatoms. The highest BCUT2D eigenvalue weighted by atomic mass is 32.1. The van der Waals surface area contributed by atoms with Gasteiger partial charge in [0.25, 0.3) is 0 Å². The van der Waals surface area contributed by atoms with E-state index in [1.54, 1.807) is 12.1 Å². The van der Waals surface area contributed by atoms with E-state index in [1.807, 2.05) is 48.3 Å². The number of rotatable bonds is 3. The lowest BCUT2D eigenvalue weighted by Crippen LogP contribution is -2.34. The molecule has 0 aliphatic carbocycles. The lowest BCUT2D eigenvalue weighted by molar-refractivity contribution is 0.155. The van der Waals surface area contributed by atoms with Crippen molar-refractivity contribution >= 4 is 34.7 Å². The maximum atomic E-state index is 11.9. The van der Waals surface area contributed by atoms with Crippen LogP contribution in [-0.4, -0.2) is 24.7 Å². The van der Waals surface area contributed by atoms with E-state index in [-0.39, 0.29) is 6.61 Å². The summed E-state index contributed by atoms with van der Waals surface area (Å²) in [7, 11) is 1.89. The number of carbonyl (C=O) groups is 1. The highest BCUT2D eigenvalue weighted by molar-refractivity contribution is 7.80. The Bertz CT molecular complexity index is 734. The third-order valence-corrected chi connectivity index (χ3v) is 3.90. The number of likely N-dealkylation sites (N-methyl/N-ethyl adjacent to an activating group) is 1. The molecule has 1 N–H and O–H groups in total. The fourth-order valence-corrected chi connectivity index (χ4v) is 2.39. The standard InChI is InChI=1S/C17H16N2O3S/c1-19-14-8-7-13(9-15(14)21-11-16(19)23)18-17(20)22-10-12-5-3-2-4-6-12/h2-9H,10-11H2,1H3,(H,18,20). The molecule has 0 spiro atoms. The summed E-state index contributed by atoms with van der Waals surface area (Å²) < 4.78 is 10.8. The Morgan fingerprint density at radius 3 is 2.87 bits per heavy atom. The molecule has 118 valence electrons. The van der Waals surface area contributed by atoms with Crippen LogP contribution in [0.5, 0.6) is 5.75 Å². The van der Waals surface area contributed by atoms with Gasteiger partial charge in [-0.15, -0.1) is 0 Å². The molecule has 0 bridgehead atoms. The van der Waals surface area contributed by atoms with E-state index in [9.17, 15) is 4.79 Å². The molecular formula is C17H16N2O3S. The number of benzene rings is 2. The molecular weight excluding hydrogens is 312 g/mol. The van der Waals surface area contributed by atoms with E-state index in [0.717, 1.165) is 16.2 Å². The second-order valence-electron chi connectivity index (χ2n) is 5.11. The maximum Gasteiger partial charge on any atom is 0.411 e. The summed E-state index contributed by atoms with van der Waals surface area (Å²) in [6.45, 7) is 0.589. The zero-order valence-corrected chi connectivity index (χ0v) is 13.4. The van der Waals surface area contributed by atoms with Crippen molar-refractivity contribution < 1.29 is 14.3 Å². The first kappa shape index (κ1) is 15.3. The molecule has 0 saturated heterocycles. The van der Waals surface area contributed by atoms with Gasteiger partial charge in [0.05, 0.1) is 5.69 Å². The summed E-state index contributed by atoms with van der Waals surface area (Å²) in [6, 6.07) is 14.9. The Morgan fingerprint density at radius 1 is 1.30 bits per heavy atom. The molecule has 2 aromatic rings. The first-order valence-electron chi connectivity index (χ1n) is 7.14. The van der Waals surface area contributed by atoms with Crippen LogP contribution in [0.3, 0.4) is 0 Å². The second-order valence-corrected chi connectivity index (χ2v) is 5.58. The summed E-state index contributed by atoms with van der Waals surface area (Å²) in [6.07, 6.45) is -0.506. The average molecular weight is 328 g/mol. The van der Waals surface area contributed by atoms with Gasteiger partial charge in [-0.25, -0.2) is 4.79 Å². The van der Waals surface area contributed by atoms with Crippen molar-refractivity contribution in [3.05, 3.63) is 54.1 Å². The van der Waals surface area contributed by atoms with E-state index >= 15 is 0 Å². The van der Waals surface area contributed by atoms with E-state index in [2.05, 4.69) is 5.32 Å². The van der Waals surface area contributed by atoms with Gasteiger partial charge in [0.1, 0.15) is 24.0 Å². The molecule has 0 saturated carbocycles. The summed E-state index contributed by atoms with van der Waals surface area (Å²) in [4.78, 5) is 14.5. The Morgan fingerprint density at radius 2 is 2.09 bits per heavy atom. The molecule has 0 aromatic heterocycles. The van der Waals surface area contributed by atoms with Gasteiger partial charge in [-0.2, -0.15) is 0 Å². The smallest absolute Gasteiger partial charge is 0.411 e. The highest BCUT2D eigenvalue weighted by Crippen LogP contribution is 2.33. The minimum absolute atomic E-state index is 0.227. The van der Waals surface area contributed by atoms with Crippen LogP contribution < -0.4 is 15.0 Å². The number of nitrogens with zero attached hydrogens (tertiary/aromatic N) is 1. The molecule has 1 heterocycles. The van der Waals surface area contributed by atoms with E-state index in [0.29, 0.717) is 18.0 Å². The third kappa shape index (κ3) is 3.60. The topological polar surface area (TPSA) is 50.8 Å². The maximum absolute atomic E-state index is 11.9. The third-order valence-electron chi connectivity index (χ3n) is 3.51. The minimum Gasteiger partial charge on any atom is -0.484 e. The van der Waals surface area contributed by atoms with E-state index < -0.39 is 6.09 Å². The predicted octanol–water partition coefficient (Wildman–Crippen LogP) is 3.59. The van der Waals surface area contributed by atoms with Gasteiger partial charge in [0.2, 0.25) is 0 Å². The molecule has 0 fully saturated rings. The van der Waals surface area contributed by atoms with Crippen LogP contribution in [0.25, 0.3) is 0 Å². The molecule has 1 aliphatic rings. The molecule has 1 aliphatic heterocycles. The van der Waals surface area contributed by atoms with Crippen molar-refractivity contribution in [3.63, 3.8) is 0 Å². The van der Waals surface area contributed by atoms with Gasteiger partial charge < -0.3 is 14.4 Å². The van der Waals surface area contributed by atoms with Crippen LogP contribution in [0.1, 0.15) is 5.56 Å². The van der Waals surface area contributed by atoms with Gasteiger partial charge in [0, 0.05) is 18.8 Å². The fourth-order valence-electron chi connectivity index (χ4n) is 2.23. The SMILES string of the molecule is CN1C(=S)COc2cc(NC(=O)OCc3ccccc3)ccc21. The monoisotopic (exact) mass is 328 g/mol. The molecule has 0 atom stereocenters. The number of anilines is 2. The van der Waals surface area contributed by atoms with Crippen LogP contribution in [0.15, 0.2) is 48.5 Å². The summed E-state index contributed by atoms with van der Waals surface area (Å²) in [5.74, 6) is 0.682. The number of ether oxygens (including phenoxy) is 2. The molecule has 5 nitrogen and oxygen atoms in total. The first-order valence-corrected chi connectivity index (χ1v) is 7.55. The second kappa shape index (κ2) is 6.66. The van der Waals surface area contributed by atoms with Crippen molar-refractivity contribution in [2.24, 2.45) is 0 Å². The van der Waals surface area contributed by atoms with Crippen LogP contribution in [0.4, 0.5) is 16.2 Å². The van der Waals surface area contributed by atoms with Gasteiger partial charge in [-0.1, -0.05) is 42.5 Å². The molecule has 23 heavy (non-hydrogen) atoms. The number of thiocarbonyl (C=S) groups is 1. The average Bonchev–Trinajstić information content (AvgIpc) is 2.57. The molecule has 3 rings (SSSR count). The lowest BCUT2D eigenvalue weighted by atomic mass is 10.2. The Labute approximate surface area is 139 Å². The van der Waals surface area contributed by atoms with Crippen molar-refractivity contribution in [1.29, 1.82) is 0 Å². The number of fused-ring (bicyclic) bond motifs is 1. The number of hydrogen-bond acceptors (Lipinski definition) is 4. The van der Waals surface area contributed by atoms with Crippen molar-refractivity contribution in [1.82, 2.24) is 0 Å².